The molecule has 0 bridgehead atoms. The highest BCUT2D eigenvalue weighted by atomic mass is 15.1. The molecule has 0 aliphatic heterocycles. The minimum atomic E-state index is -0.296. The quantitative estimate of drug-likeness (QED) is 0.849. The van der Waals surface area contributed by atoms with Gasteiger partial charge in [-0.3, -0.25) is 0 Å². The molecule has 1 fully saturated rings. The van der Waals surface area contributed by atoms with Gasteiger partial charge >= 0.3 is 0 Å². The van der Waals surface area contributed by atoms with Crippen LogP contribution in [-0.4, -0.2) is 9.55 Å². The highest BCUT2D eigenvalue weighted by molar-refractivity contribution is 5.10. The Morgan fingerprint density at radius 2 is 2.19 bits per heavy atom. The fourth-order valence-electron chi connectivity index (χ4n) is 2.64. The van der Waals surface area contributed by atoms with Gasteiger partial charge in [0.05, 0.1) is 17.6 Å². The SMILES string of the molecule is CCC1(Cn2cncc2C(C)(C)N)CCC1. The van der Waals surface area contributed by atoms with Crippen molar-refractivity contribution >= 4 is 0 Å². The molecule has 0 saturated heterocycles. The van der Waals surface area contributed by atoms with E-state index in [2.05, 4.69) is 16.5 Å². The van der Waals surface area contributed by atoms with E-state index in [1.807, 2.05) is 26.4 Å². The first kappa shape index (κ1) is 11.6. The van der Waals surface area contributed by atoms with Gasteiger partial charge in [-0.05, 0) is 38.5 Å². The van der Waals surface area contributed by atoms with Crippen LogP contribution >= 0.6 is 0 Å². The lowest BCUT2D eigenvalue weighted by Crippen LogP contribution is -2.37. The molecule has 0 atom stereocenters. The first-order valence-corrected chi connectivity index (χ1v) is 6.26. The van der Waals surface area contributed by atoms with Gasteiger partial charge in [-0.2, -0.15) is 0 Å². The number of aromatic nitrogens is 2. The van der Waals surface area contributed by atoms with E-state index in [1.165, 1.54) is 25.7 Å². The number of hydrogen-bond acceptors (Lipinski definition) is 2. The average Bonchev–Trinajstić information content (AvgIpc) is 2.58. The standard InChI is InChI=1S/C13H23N3/c1-4-13(6-5-7-13)9-16-10-15-8-11(16)12(2,3)14/h8,10H,4-7,9,14H2,1-3H3. The molecule has 0 unspecified atom stereocenters. The second-order valence-electron chi connectivity index (χ2n) is 5.84. The molecule has 0 spiro atoms. The summed E-state index contributed by atoms with van der Waals surface area (Å²) in [5.41, 5.74) is 7.52. The first-order valence-electron chi connectivity index (χ1n) is 6.26. The second-order valence-corrected chi connectivity index (χ2v) is 5.84. The Hall–Kier alpha value is -0.830. The molecule has 1 aliphatic carbocycles. The lowest BCUT2D eigenvalue weighted by Gasteiger charge is -2.42. The summed E-state index contributed by atoms with van der Waals surface area (Å²) in [6, 6.07) is 0. The Morgan fingerprint density at radius 3 is 2.62 bits per heavy atom. The molecule has 1 aromatic rings. The fourth-order valence-corrected chi connectivity index (χ4v) is 2.64. The van der Waals surface area contributed by atoms with Crippen molar-refractivity contribution in [1.29, 1.82) is 0 Å². The maximum atomic E-state index is 6.16. The van der Waals surface area contributed by atoms with Crippen molar-refractivity contribution in [3.05, 3.63) is 18.2 Å². The Labute approximate surface area is 98.1 Å². The maximum Gasteiger partial charge on any atom is 0.0948 e. The zero-order valence-electron chi connectivity index (χ0n) is 10.7. The van der Waals surface area contributed by atoms with Crippen LogP contribution in [0.15, 0.2) is 12.5 Å². The Balaban J connectivity index is 2.19. The van der Waals surface area contributed by atoms with E-state index in [-0.39, 0.29) is 5.54 Å². The molecule has 3 heteroatoms. The Kier molecular flexibility index (Phi) is 2.82. The van der Waals surface area contributed by atoms with Crippen molar-refractivity contribution in [3.63, 3.8) is 0 Å². The fraction of sp³-hybridized carbons (Fsp3) is 0.769. The molecule has 1 aliphatic rings. The van der Waals surface area contributed by atoms with Crippen molar-refractivity contribution in [1.82, 2.24) is 9.55 Å². The lowest BCUT2D eigenvalue weighted by molar-refractivity contribution is 0.0978. The molecule has 2 N–H and O–H groups in total. The summed E-state index contributed by atoms with van der Waals surface area (Å²) in [7, 11) is 0. The zero-order chi connectivity index (χ0) is 11.8. The van der Waals surface area contributed by atoms with Crippen LogP contribution in [0.3, 0.4) is 0 Å². The average molecular weight is 221 g/mol. The smallest absolute Gasteiger partial charge is 0.0948 e. The van der Waals surface area contributed by atoms with E-state index < -0.39 is 0 Å². The summed E-state index contributed by atoms with van der Waals surface area (Å²) in [4.78, 5) is 4.25. The summed E-state index contributed by atoms with van der Waals surface area (Å²) in [5.74, 6) is 0. The van der Waals surface area contributed by atoms with Crippen molar-refractivity contribution in [3.8, 4) is 0 Å². The van der Waals surface area contributed by atoms with Crippen molar-refractivity contribution in [2.75, 3.05) is 0 Å². The van der Waals surface area contributed by atoms with Crippen LogP contribution in [-0.2, 0) is 12.1 Å². The largest absolute Gasteiger partial charge is 0.332 e. The van der Waals surface area contributed by atoms with E-state index in [1.54, 1.807) is 0 Å². The molecule has 1 aromatic heterocycles. The van der Waals surface area contributed by atoms with Crippen LogP contribution < -0.4 is 5.73 Å². The third-order valence-electron chi connectivity index (χ3n) is 4.04. The van der Waals surface area contributed by atoms with Crippen LogP contribution in [0.2, 0.25) is 0 Å². The van der Waals surface area contributed by atoms with Crippen LogP contribution in [0.4, 0.5) is 0 Å². The van der Waals surface area contributed by atoms with Gasteiger partial charge in [0.15, 0.2) is 0 Å². The van der Waals surface area contributed by atoms with Gasteiger partial charge in [0.1, 0.15) is 0 Å². The second kappa shape index (κ2) is 3.88. The van der Waals surface area contributed by atoms with Crippen LogP contribution in [0, 0.1) is 5.41 Å². The molecule has 90 valence electrons. The predicted octanol–water partition coefficient (Wildman–Crippen LogP) is 2.66. The predicted molar refractivity (Wildman–Crippen MR) is 66.0 cm³/mol. The lowest BCUT2D eigenvalue weighted by atomic mass is 9.67. The molecule has 0 amide bonds. The van der Waals surface area contributed by atoms with Crippen LogP contribution in [0.25, 0.3) is 0 Å². The number of imidazole rings is 1. The third kappa shape index (κ3) is 2.01. The summed E-state index contributed by atoms with van der Waals surface area (Å²) in [5, 5.41) is 0. The first-order chi connectivity index (χ1) is 7.47. The van der Waals surface area contributed by atoms with Crippen LogP contribution in [0.1, 0.15) is 52.1 Å². The maximum absolute atomic E-state index is 6.16. The molecule has 0 radical (unpaired) electrons. The molecule has 0 aromatic carbocycles. The van der Waals surface area contributed by atoms with E-state index >= 15 is 0 Å². The van der Waals surface area contributed by atoms with E-state index in [0.29, 0.717) is 5.41 Å². The van der Waals surface area contributed by atoms with Crippen molar-refractivity contribution in [2.45, 2.75) is 58.5 Å². The van der Waals surface area contributed by atoms with Crippen molar-refractivity contribution in [2.24, 2.45) is 11.1 Å². The Bertz CT molecular complexity index is 350. The summed E-state index contributed by atoms with van der Waals surface area (Å²) < 4.78 is 2.25. The topological polar surface area (TPSA) is 43.8 Å². The summed E-state index contributed by atoms with van der Waals surface area (Å²) >= 11 is 0. The van der Waals surface area contributed by atoms with Gasteiger partial charge < -0.3 is 10.3 Å². The highest BCUT2D eigenvalue weighted by Crippen LogP contribution is 2.45. The molecule has 16 heavy (non-hydrogen) atoms. The monoisotopic (exact) mass is 221 g/mol. The van der Waals surface area contributed by atoms with Gasteiger partial charge in [0, 0.05) is 12.7 Å². The summed E-state index contributed by atoms with van der Waals surface area (Å²) in [6.45, 7) is 7.46. The number of nitrogens with zero attached hydrogens (tertiary/aromatic N) is 2. The minimum absolute atomic E-state index is 0.296. The highest BCUT2D eigenvalue weighted by Gasteiger charge is 2.36. The molecular formula is C13H23N3. The molecule has 1 saturated carbocycles. The van der Waals surface area contributed by atoms with Gasteiger partial charge in [0.25, 0.3) is 0 Å². The zero-order valence-corrected chi connectivity index (χ0v) is 10.7. The minimum Gasteiger partial charge on any atom is -0.332 e. The van der Waals surface area contributed by atoms with E-state index in [0.717, 1.165) is 12.2 Å². The normalized spacial score (nSPS) is 19.5. The Morgan fingerprint density at radius 1 is 1.50 bits per heavy atom. The molecule has 3 nitrogen and oxygen atoms in total. The third-order valence-corrected chi connectivity index (χ3v) is 4.04. The van der Waals surface area contributed by atoms with E-state index in [4.69, 9.17) is 5.73 Å². The molecule has 1 heterocycles. The van der Waals surface area contributed by atoms with Crippen molar-refractivity contribution < 1.29 is 0 Å². The van der Waals surface area contributed by atoms with Gasteiger partial charge in [0.2, 0.25) is 0 Å². The number of rotatable bonds is 4. The molecule has 2 rings (SSSR count). The van der Waals surface area contributed by atoms with E-state index in [9.17, 15) is 0 Å². The van der Waals surface area contributed by atoms with Gasteiger partial charge in [-0.15, -0.1) is 0 Å². The number of nitrogens with two attached hydrogens (primary N) is 1. The van der Waals surface area contributed by atoms with Crippen LogP contribution in [0.5, 0.6) is 0 Å². The summed E-state index contributed by atoms with van der Waals surface area (Å²) in [6.07, 6.45) is 9.18. The molecular weight excluding hydrogens is 198 g/mol. The number of hydrogen-bond donors (Lipinski definition) is 1. The van der Waals surface area contributed by atoms with Gasteiger partial charge in [-0.25, -0.2) is 4.98 Å². The van der Waals surface area contributed by atoms with Gasteiger partial charge in [-0.1, -0.05) is 13.3 Å².